The molecule has 6 unspecified atom stereocenters. The molecule has 0 aromatic heterocycles. The Morgan fingerprint density at radius 2 is 1.65 bits per heavy atom. The molecule has 4 saturated carbocycles. The third-order valence-electron chi connectivity index (χ3n) is 11.2. The minimum Gasteiger partial charge on any atom is -0.388 e. The zero-order chi connectivity index (χ0) is 24.9. The fourth-order valence-electron chi connectivity index (χ4n) is 8.53. The van der Waals surface area contributed by atoms with Crippen molar-refractivity contribution in [1.82, 2.24) is 0 Å². The summed E-state index contributed by atoms with van der Waals surface area (Å²) in [4.78, 5) is 13.5. The van der Waals surface area contributed by atoms with Gasteiger partial charge in [-0.2, -0.15) is 8.42 Å². The molecule has 4 aliphatic rings. The molecule has 5 rings (SSSR count). The molecule has 0 radical (unpaired) electrons. The molecule has 0 amide bonds. The van der Waals surface area contributed by atoms with Crippen LogP contribution in [0.15, 0.2) is 29.8 Å². The van der Waals surface area contributed by atoms with Gasteiger partial charge in [0.25, 0.3) is 10.1 Å². The molecule has 34 heavy (non-hydrogen) atoms. The second kappa shape index (κ2) is 7.27. The average Bonchev–Trinajstić information content (AvgIpc) is 3.22. The van der Waals surface area contributed by atoms with E-state index in [1.807, 2.05) is 13.8 Å². The minimum atomic E-state index is -4.24. The molecular weight excluding hydrogens is 448 g/mol. The molecule has 6 heteroatoms. The summed E-state index contributed by atoms with van der Waals surface area (Å²) in [5, 5.41) is 11.1. The van der Waals surface area contributed by atoms with Crippen molar-refractivity contribution >= 4 is 22.0 Å². The molecule has 4 fully saturated rings. The first-order valence-electron chi connectivity index (χ1n) is 12.6. The number of aliphatic hydroxyl groups is 1. The Balaban J connectivity index is 1.36. The number of benzene rings is 1. The number of aliphatic hydroxyl groups excluding tert-OH is 1. The molecule has 4 bridgehead atoms. The number of Topliss-reactive ketones (excluding diaryl/α,β-unsaturated/α-hetero) is 1. The number of hydrogen-bond donors (Lipinski definition) is 2. The fourth-order valence-corrected chi connectivity index (χ4v) is 9.81. The van der Waals surface area contributed by atoms with Gasteiger partial charge in [0, 0.05) is 11.3 Å². The summed E-state index contributed by atoms with van der Waals surface area (Å²) in [6, 6.07) is 8.24. The largest absolute Gasteiger partial charge is 0.388 e. The number of rotatable bonds is 5. The van der Waals surface area contributed by atoms with Crippen LogP contribution in [-0.4, -0.2) is 35.7 Å². The van der Waals surface area contributed by atoms with Gasteiger partial charge in [-0.25, -0.2) is 0 Å². The number of ketones is 1. The fraction of sp³-hybridized carbons (Fsp3) is 0.679. The second-order valence-corrected chi connectivity index (χ2v) is 14.3. The second-order valence-electron chi connectivity index (χ2n) is 12.9. The third kappa shape index (κ3) is 3.10. The standard InChI is InChI=1S/C28H38O5S/c1-25(2)21-10-12-27(25,5)23(29)19(21)14-17-6-8-18(9-7-17)15-20-22-11-13-28(24(20)30,26(22,3)4)16-34(31,32)33/h6-9,14,20-23,29H,10-13,15-16H2,1-5H3,(H,31,32,33)/b19-14+. The molecule has 0 heterocycles. The van der Waals surface area contributed by atoms with Gasteiger partial charge in [0.15, 0.2) is 0 Å². The summed E-state index contributed by atoms with van der Waals surface area (Å²) in [7, 11) is -4.24. The van der Waals surface area contributed by atoms with Crippen LogP contribution in [0, 0.1) is 39.4 Å². The number of carbonyl (C=O) groups excluding carboxylic acids is 1. The lowest BCUT2D eigenvalue weighted by Gasteiger charge is -2.36. The van der Waals surface area contributed by atoms with E-state index in [1.165, 1.54) is 0 Å². The van der Waals surface area contributed by atoms with Crippen LogP contribution in [0.25, 0.3) is 6.08 Å². The topological polar surface area (TPSA) is 91.7 Å². The predicted molar refractivity (Wildman–Crippen MR) is 133 cm³/mol. The third-order valence-corrected chi connectivity index (χ3v) is 12.0. The van der Waals surface area contributed by atoms with Gasteiger partial charge >= 0.3 is 0 Å². The minimum absolute atomic E-state index is 0.00171. The van der Waals surface area contributed by atoms with E-state index in [4.69, 9.17) is 0 Å². The van der Waals surface area contributed by atoms with Crippen molar-refractivity contribution in [2.24, 2.45) is 39.4 Å². The maximum absolute atomic E-state index is 13.5. The molecule has 0 aliphatic heterocycles. The van der Waals surface area contributed by atoms with Crippen molar-refractivity contribution in [2.75, 3.05) is 5.75 Å². The molecule has 2 N–H and O–H groups in total. The smallest absolute Gasteiger partial charge is 0.265 e. The highest BCUT2D eigenvalue weighted by Gasteiger charge is 2.69. The van der Waals surface area contributed by atoms with Crippen LogP contribution in [0.4, 0.5) is 0 Å². The Morgan fingerprint density at radius 3 is 2.21 bits per heavy atom. The van der Waals surface area contributed by atoms with Crippen molar-refractivity contribution in [3.05, 3.63) is 41.0 Å². The first kappa shape index (κ1) is 24.2. The van der Waals surface area contributed by atoms with Gasteiger partial charge < -0.3 is 5.11 Å². The molecule has 186 valence electrons. The monoisotopic (exact) mass is 486 g/mol. The van der Waals surface area contributed by atoms with Crippen molar-refractivity contribution in [2.45, 2.75) is 72.8 Å². The quantitative estimate of drug-likeness (QED) is 0.575. The van der Waals surface area contributed by atoms with Crippen LogP contribution in [0.5, 0.6) is 0 Å². The van der Waals surface area contributed by atoms with Crippen LogP contribution in [0.3, 0.4) is 0 Å². The van der Waals surface area contributed by atoms with Crippen LogP contribution in [-0.2, 0) is 21.3 Å². The maximum atomic E-state index is 13.5. The van der Waals surface area contributed by atoms with Crippen molar-refractivity contribution < 1.29 is 22.9 Å². The van der Waals surface area contributed by atoms with E-state index in [0.29, 0.717) is 18.8 Å². The first-order valence-corrected chi connectivity index (χ1v) is 14.2. The SMILES string of the molecule is CC1(C)C2CCC1(CS(=O)(=O)O)C(=O)C2Cc1ccc(/C=C2\C3CCC(C)(C2O)C3(C)C)cc1. The summed E-state index contributed by atoms with van der Waals surface area (Å²) in [6.45, 7) is 10.8. The molecule has 0 spiro atoms. The predicted octanol–water partition coefficient (Wildman–Crippen LogP) is 4.94. The lowest BCUT2D eigenvalue weighted by atomic mass is 9.70. The number of hydrogen-bond acceptors (Lipinski definition) is 4. The Morgan fingerprint density at radius 1 is 1.00 bits per heavy atom. The highest BCUT2D eigenvalue weighted by Crippen LogP contribution is 2.68. The first-order chi connectivity index (χ1) is 15.6. The van der Waals surface area contributed by atoms with Crippen molar-refractivity contribution in [3.8, 4) is 0 Å². The summed E-state index contributed by atoms with van der Waals surface area (Å²) < 4.78 is 33.1. The lowest BCUT2D eigenvalue weighted by Crippen LogP contribution is -2.43. The summed E-state index contributed by atoms with van der Waals surface area (Å²) in [5.41, 5.74) is 1.85. The summed E-state index contributed by atoms with van der Waals surface area (Å²) in [5.74, 6) is -0.166. The zero-order valence-electron chi connectivity index (χ0n) is 21.0. The zero-order valence-corrected chi connectivity index (χ0v) is 21.8. The molecule has 5 nitrogen and oxygen atoms in total. The van der Waals surface area contributed by atoms with Crippen LogP contribution < -0.4 is 0 Å². The molecule has 1 aromatic rings. The van der Waals surface area contributed by atoms with E-state index < -0.39 is 32.8 Å². The molecule has 4 aliphatic carbocycles. The number of fused-ring (bicyclic) bond motifs is 4. The van der Waals surface area contributed by atoms with E-state index in [1.54, 1.807) is 0 Å². The Hall–Kier alpha value is -1.50. The van der Waals surface area contributed by atoms with Gasteiger partial charge in [-0.3, -0.25) is 9.35 Å². The van der Waals surface area contributed by atoms with Gasteiger partial charge in [0.2, 0.25) is 0 Å². The normalized spacial score (nSPS) is 41.0. The average molecular weight is 487 g/mol. The summed E-state index contributed by atoms with van der Waals surface area (Å²) in [6.07, 6.45) is 5.87. The molecule has 6 atom stereocenters. The Kier molecular flexibility index (Phi) is 5.17. The number of carbonyl (C=O) groups is 1. The van der Waals surface area contributed by atoms with Crippen LogP contribution in [0.1, 0.15) is 71.4 Å². The summed E-state index contributed by atoms with van der Waals surface area (Å²) >= 11 is 0. The van der Waals surface area contributed by atoms with Gasteiger partial charge in [-0.1, -0.05) is 65.0 Å². The van der Waals surface area contributed by atoms with E-state index in [0.717, 1.165) is 36.0 Å². The van der Waals surface area contributed by atoms with Gasteiger partial charge in [0.05, 0.1) is 17.3 Å². The van der Waals surface area contributed by atoms with E-state index >= 15 is 0 Å². The van der Waals surface area contributed by atoms with E-state index in [9.17, 15) is 22.9 Å². The molecule has 1 aromatic carbocycles. The van der Waals surface area contributed by atoms with Crippen molar-refractivity contribution in [3.63, 3.8) is 0 Å². The molecular formula is C28H38O5S. The Bertz CT molecular complexity index is 1160. The van der Waals surface area contributed by atoms with Crippen LogP contribution >= 0.6 is 0 Å². The van der Waals surface area contributed by atoms with Gasteiger partial charge in [-0.05, 0) is 71.5 Å². The van der Waals surface area contributed by atoms with Gasteiger partial charge in [0.1, 0.15) is 5.78 Å². The molecule has 0 saturated heterocycles. The van der Waals surface area contributed by atoms with E-state index in [-0.39, 0.29) is 28.4 Å². The van der Waals surface area contributed by atoms with Gasteiger partial charge in [-0.15, -0.1) is 0 Å². The van der Waals surface area contributed by atoms with Crippen molar-refractivity contribution in [1.29, 1.82) is 0 Å². The maximum Gasteiger partial charge on any atom is 0.265 e. The highest BCUT2D eigenvalue weighted by molar-refractivity contribution is 7.85. The lowest BCUT2D eigenvalue weighted by molar-refractivity contribution is -0.131. The highest BCUT2D eigenvalue weighted by atomic mass is 32.2. The Labute approximate surface area is 203 Å². The van der Waals surface area contributed by atoms with Crippen LogP contribution in [0.2, 0.25) is 0 Å². The van der Waals surface area contributed by atoms with E-state index in [2.05, 4.69) is 51.1 Å².